The number of hydrogen-bond donors (Lipinski definition) is 4. The third-order valence-electron chi connectivity index (χ3n) is 2.86. The normalized spacial score (nSPS) is 15.1. The number of hydrazine groups is 1. The standard InChI is InChI=1S/C11H20N6O2S/c1-20(18,19)14-6-2-5-13-9-7-10(17-12)16-11(15-9)8-3-4-8/h7-8,14H,2-6,12H2,1H3,(H2,13,15,16,17). The van der Waals surface area contributed by atoms with Gasteiger partial charge >= 0.3 is 0 Å². The van der Waals surface area contributed by atoms with Gasteiger partial charge in [0, 0.05) is 25.1 Å². The lowest BCUT2D eigenvalue weighted by atomic mass is 10.3. The molecule has 1 fully saturated rings. The number of aromatic nitrogens is 2. The molecule has 1 aliphatic rings. The maximum Gasteiger partial charge on any atom is 0.208 e. The average Bonchev–Trinajstić information content (AvgIpc) is 3.21. The first kappa shape index (κ1) is 14.9. The van der Waals surface area contributed by atoms with Crippen molar-refractivity contribution >= 4 is 21.7 Å². The van der Waals surface area contributed by atoms with Gasteiger partial charge in [0.2, 0.25) is 10.0 Å². The Balaban J connectivity index is 1.84. The molecule has 1 aliphatic carbocycles. The fourth-order valence-electron chi connectivity index (χ4n) is 1.72. The van der Waals surface area contributed by atoms with E-state index in [1.807, 2.05) is 0 Å². The maximum absolute atomic E-state index is 10.9. The highest BCUT2D eigenvalue weighted by Crippen LogP contribution is 2.38. The van der Waals surface area contributed by atoms with E-state index in [2.05, 4.69) is 25.4 Å². The van der Waals surface area contributed by atoms with E-state index in [4.69, 9.17) is 5.84 Å². The molecule has 1 saturated carbocycles. The van der Waals surface area contributed by atoms with Gasteiger partial charge < -0.3 is 10.7 Å². The molecular formula is C11H20N6O2S. The molecule has 0 amide bonds. The molecule has 9 heteroatoms. The summed E-state index contributed by atoms with van der Waals surface area (Å²) in [4.78, 5) is 8.75. The van der Waals surface area contributed by atoms with E-state index in [1.54, 1.807) is 6.07 Å². The first-order valence-corrected chi connectivity index (χ1v) is 8.41. The predicted molar refractivity (Wildman–Crippen MR) is 77.8 cm³/mol. The zero-order chi connectivity index (χ0) is 14.6. The Labute approximate surface area is 118 Å². The number of nitrogen functional groups attached to an aromatic ring is 1. The Bertz CT molecular complexity index is 558. The van der Waals surface area contributed by atoms with Crippen LogP contribution in [0.4, 0.5) is 11.6 Å². The molecule has 0 aromatic carbocycles. The van der Waals surface area contributed by atoms with Crippen LogP contribution in [0.25, 0.3) is 0 Å². The summed E-state index contributed by atoms with van der Waals surface area (Å²) in [6.45, 7) is 1.02. The number of nitrogens with one attached hydrogen (secondary N) is 3. The molecule has 112 valence electrons. The summed E-state index contributed by atoms with van der Waals surface area (Å²) < 4.78 is 24.2. The summed E-state index contributed by atoms with van der Waals surface area (Å²) in [5.41, 5.74) is 2.53. The van der Waals surface area contributed by atoms with Crippen molar-refractivity contribution in [2.75, 3.05) is 30.1 Å². The molecule has 8 nitrogen and oxygen atoms in total. The molecule has 0 unspecified atom stereocenters. The van der Waals surface area contributed by atoms with Crippen molar-refractivity contribution in [3.05, 3.63) is 11.9 Å². The van der Waals surface area contributed by atoms with Crippen molar-refractivity contribution in [2.24, 2.45) is 5.84 Å². The summed E-state index contributed by atoms with van der Waals surface area (Å²) in [5.74, 6) is 7.92. The van der Waals surface area contributed by atoms with Gasteiger partial charge in [-0.05, 0) is 19.3 Å². The first-order valence-electron chi connectivity index (χ1n) is 6.52. The fourth-order valence-corrected chi connectivity index (χ4v) is 2.23. The largest absolute Gasteiger partial charge is 0.370 e. The molecule has 1 aromatic rings. The van der Waals surface area contributed by atoms with Crippen LogP contribution >= 0.6 is 0 Å². The summed E-state index contributed by atoms with van der Waals surface area (Å²) in [5, 5.41) is 3.15. The summed E-state index contributed by atoms with van der Waals surface area (Å²) in [6.07, 6.45) is 4.05. The van der Waals surface area contributed by atoms with Gasteiger partial charge in [-0.15, -0.1) is 0 Å². The van der Waals surface area contributed by atoms with Crippen LogP contribution in [0.3, 0.4) is 0 Å². The molecule has 0 aliphatic heterocycles. The van der Waals surface area contributed by atoms with Gasteiger partial charge in [0.1, 0.15) is 17.5 Å². The summed E-state index contributed by atoms with van der Waals surface area (Å²) in [6, 6.07) is 1.73. The van der Waals surface area contributed by atoms with E-state index in [0.29, 0.717) is 37.1 Å². The predicted octanol–water partition coefficient (Wildman–Crippen LogP) is -0.00920. The minimum Gasteiger partial charge on any atom is -0.370 e. The third-order valence-corrected chi connectivity index (χ3v) is 3.59. The second kappa shape index (κ2) is 6.33. The van der Waals surface area contributed by atoms with E-state index >= 15 is 0 Å². The van der Waals surface area contributed by atoms with Crippen molar-refractivity contribution in [3.8, 4) is 0 Å². The van der Waals surface area contributed by atoms with Crippen LogP contribution in [0.5, 0.6) is 0 Å². The van der Waals surface area contributed by atoms with E-state index in [9.17, 15) is 8.42 Å². The number of nitrogens with zero attached hydrogens (tertiary/aromatic N) is 2. The number of rotatable bonds is 8. The smallest absolute Gasteiger partial charge is 0.208 e. The van der Waals surface area contributed by atoms with Crippen molar-refractivity contribution in [1.82, 2.24) is 14.7 Å². The quantitative estimate of drug-likeness (QED) is 0.302. The molecule has 1 heterocycles. The Kier molecular flexibility index (Phi) is 4.73. The van der Waals surface area contributed by atoms with Crippen molar-refractivity contribution in [3.63, 3.8) is 0 Å². The zero-order valence-corrected chi connectivity index (χ0v) is 12.2. The van der Waals surface area contributed by atoms with Gasteiger partial charge in [0.05, 0.1) is 6.26 Å². The van der Waals surface area contributed by atoms with Gasteiger partial charge in [-0.2, -0.15) is 0 Å². The van der Waals surface area contributed by atoms with Gasteiger partial charge in [0.15, 0.2) is 0 Å². The van der Waals surface area contributed by atoms with Gasteiger partial charge in [-0.1, -0.05) is 0 Å². The lowest BCUT2D eigenvalue weighted by Gasteiger charge is -2.09. The third kappa shape index (κ3) is 4.91. The molecular weight excluding hydrogens is 280 g/mol. The minimum absolute atomic E-state index is 0.397. The van der Waals surface area contributed by atoms with Crippen LogP contribution in [-0.4, -0.2) is 37.7 Å². The minimum atomic E-state index is -3.12. The van der Waals surface area contributed by atoms with Crippen LogP contribution in [0.2, 0.25) is 0 Å². The van der Waals surface area contributed by atoms with E-state index in [1.165, 1.54) is 0 Å². The monoisotopic (exact) mass is 300 g/mol. The SMILES string of the molecule is CS(=O)(=O)NCCCNc1cc(NN)nc(C2CC2)n1. The Hall–Kier alpha value is -1.45. The van der Waals surface area contributed by atoms with Crippen LogP contribution in [0.1, 0.15) is 31.0 Å². The molecule has 1 aromatic heterocycles. The number of anilines is 2. The Morgan fingerprint density at radius 3 is 2.60 bits per heavy atom. The number of hydrogen-bond acceptors (Lipinski definition) is 7. The van der Waals surface area contributed by atoms with E-state index in [-0.39, 0.29) is 0 Å². The maximum atomic E-state index is 10.9. The first-order chi connectivity index (χ1) is 9.48. The molecule has 5 N–H and O–H groups in total. The second-order valence-corrected chi connectivity index (χ2v) is 6.70. The summed E-state index contributed by atoms with van der Waals surface area (Å²) in [7, 11) is -3.12. The molecule has 0 saturated heterocycles. The van der Waals surface area contributed by atoms with Crippen LogP contribution in [0.15, 0.2) is 6.07 Å². The van der Waals surface area contributed by atoms with Crippen molar-refractivity contribution < 1.29 is 8.42 Å². The second-order valence-electron chi connectivity index (χ2n) is 4.86. The number of nitrogens with two attached hydrogens (primary N) is 1. The van der Waals surface area contributed by atoms with Crippen LogP contribution in [0, 0.1) is 0 Å². The topological polar surface area (TPSA) is 122 Å². The molecule has 2 rings (SSSR count). The van der Waals surface area contributed by atoms with Crippen molar-refractivity contribution in [2.45, 2.75) is 25.2 Å². The lowest BCUT2D eigenvalue weighted by molar-refractivity contribution is 0.586. The van der Waals surface area contributed by atoms with Crippen LogP contribution in [-0.2, 0) is 10.0 Å². The molecule has 0 atom stereocenters. The Morgan fingerprint density at radius 1 is 1.30 bits per heavy atom. The summed E-state index contributed by atoms with van der Waals surface area (Å²) >= 11 is 0. The highest BCUT2D eigenvalue weighted by Gasteiger charge is 2.27. The Morgan fingerprint density at radius 2 is 2.00 bits per heavy atom. The zero-order valence-electron chi connectivity index (χ0n) is 11.4. The van der Waals surface area contributed by atoms with Crippen LogP contribution < -0.4 is 21.3 Å². The highest BCUT2D eigenvalue weighted by molar-refractivity contribution is 7.88. The molecule has 20 heavy (non-hydrogen) atoms. The van der Waals surface area contributed by atoms with Gasteiger partial charge in [-0.3, -0.25) is 0 Å². The molecule has 0 bridgehead atoms. The fraction of sp³-hybridized carbons (Fsp3) is 0.636. The van der Waals surface area contributed by atoms with Gasteiger partial charge in [-0.25, -0.2) is 29.0 Å². The molecule has 0 radical (unpaired) electrons. The van der Waals surface area contributed by atoms with E-state index in [0.717, 1.165) is 24.9 Å². The lowest BCUT2D eigenvalue weighted by Crippen LogP contribution is -2.24. The number of sulfonamides is 1. The van der Waals surface area contributed by atoms with Gasteiger partial charge in [0.25, 0.3) is 0 Å². The highest BCUT2D eigenvalue weighted by atomic mass is 32.2. The molecule has 0 spiro atoms. The average molecular weight is 300 g/mol. The van der Waals surface area contributed by atoms with E-state index < -0.39 is 10.0 Å². The van der Waals surface area contributed by atoms with Crippen molar-refractivity contribution in [1.29, 1.82) is 0 Å².